The second-order valence-corrected chi connectivity index (χ2v) is 10.4. The third-order valence-electron chi connectivity index (χ3n) is 4.96. The molecule has 9 heteroatoms. The largest absolute Gasteiger partial charge is 0.379 e. The lowest BCUT2D eigenvalue weighted by Gasteiger charge is -2.25. The molecule has 1 aromatic heterocycles. The highest BCUT2D eigenvalue weighted by Crippen LogP contribution is 2.33. The third kappa shape index (κ3) is 3.92. The molecule has 1 aromatic carbocycles. The maximum atomic E-state index is 12.7. The molecule has 4 rings (SSSR count). The zero-order chi connectivity index (χ0) is 19.7. The molecule has 1 atom stereocenters. The maximum absolute atomic E-state index is 12.7. The van der Waals surface area contributed by atoms with E-state index >= 15 is 0 Å². The van der Waals surface area contributed by atoms with E-state index in [1.165, 1.54) is 22.0 Å². The van der Waals surface area contributed by atoms with Crippen LogP contribution in [-0.4, -0.2) is 51.1 Å². The van der Waals surface area contributed by atoms with Gasteiger partial charge in [-0.15, -0.1) is 11.3 Å². The van der Waals surface area contributed by atoms with Crippen molar-refractivity contribution in [3.63, 3.8) is 0 Å². The van der Waals surface area contributed by atoms with Gasteiger partial charge in [0.05, 0.1) is 18.1 Å². The average Bonchev–Trinajstić information content (AvgIpc) is 3.34. The van der Waals surface area contributed by atoms with E-state index in [2.05, 4.69) is 4.99 Å². The highest BCUT2D eigenvalue weighted by Gasteiger charge is 2.28. The fourth-order valence-electron chi connectivity index (χ4n) is 3.48. The van der Waals surface area contributed by atoms with Gasteiger partial charge in [-0.2, -0.15) is 4.31 Å². The summed E-state index contributed by atoms with van der Waals surface area (Å²) in [4.78, 5) is 16.9. The van der Waals surface area contributed by atoms with Gasteiger partial charge in [0.1, 0.15) is 4.21 Å². The Hall–Kier alpha value is -1.58. The number of aliphatic imine (C=N–C) groups is 1. The van der Waals surface area contributed by atoms with Crippen LogP contribution in [-0.2, 0) is 21.2 Å². The second-order valence-electron chi connectivity index (χ2n) is 6.71. The predicted octanol–water partition coefficient (Wildman–Crippen LogP) is 3.36. The first-order valence-electron chi connectivity index (χ1n) is 9.00. The fraction of sp³-hybridized carbons (Fsp3) is 0.368. The molecule has 1 unspecified atom stereocenters. The summed E-state index contributed by atoms with van der Waals surface area (Å²) in [7, 11) is -3.59. The van der Waals surface area contributed by atoms with Crippen molar-refractivity contribution in [2.75, 3.05) is 26.3 Å². The Morgan fingerprint density at radius 1 is 1.25 bits per heavy atom. The summed E-state index contributed by atoms with van der Waals surface area (Å²) < 4.78 is 32.1. The summed E-state index contributed by atoms with van der Waals surface area (Å²) in [6.45, 7) is 1.42. The lowest BCUT2D eigenvalue weighted by atomic mass is 10.0. The van der Waals surface area contributed by atoms with Gasteiger partial charge in [-0.3, -0.25) is 4.79 Å². The van der Waals surface area contributed by atoms with Gasteiger partial charge in [0, 0.05) is 30.2 Å². The molecule has 2 heterocycles. The minimum Gasteiger partial charge on any atom is -0.379 e. The Kier molecular flexibility index (Phi) is 5.66. The summed E-state index contributed by atoms with van der Waals surface area (Å²) in [6, 6.07) is 8.78. The van der Waals surface area contributed by atoms with Crippen LogP contribution >= 0.6 is 22.9 Å². The van der Waals surface area contributed by atoms with Gasteiger partial charge < -0.3 is 4.74 Å². The number of thiophene rings is 1. The Bertz CT molecular complexity index is 1030. The van der Waals surface area contributed by atoms with Gasteiger partial charge in [-0.25, -0.2) is 13.4 Å². The van der Waals surface area contributed by atoms with Crippen molar-refractivity contribution in [1.29, 1.82) is 0 Å². The Labute approximate surface area is 172 Å². The number of hydrogen-bond donors (Lipinski definition) is 0. The van der Waals surface area contributed by atoms with Crippen molar-refractivity contribution in [2.45, 2.75) is 23.0 Å². The first-order chi connectivity index (χ1) is 13.4. The molecule has 0 radical (unpaired) electrons. The molecule has 1 amide bonds. The number of nitrogens with zero attached hydrogens (tertiary/aromatic N) is 2. The quantitative estimate of drug-likeness (QED) is 0.686. The molecule has 0 N–H and O–H groups in total. The number of ether oxygens (including phenoxy) is 1. The van der Waals surface area contributed by atoms with E-state index in [1.54, 1.807) is 6.21 Å². The number of carbonyl (C=O) groups is 1. The number of rotatable bonds is 4. The van der Waals surface area contributed by atoms with E-state index < -0.39 is 15.9 Å². The maximum Gasteiger partial charge on any atom is 0.286 e. The van der Waals surface area contributed by atoms with E-state index in [1.807, 2.05) is 18.2 Å². The summed E-state index contributed by atoms with van der Waals surface area (Å²) >= 11 is 6.99. The topological polar surface area (TPSA) is 76.0 Å². The van der Waals surface area contributed by atoms with Crippen LogP contribution in [0.4, 0.5) is 0 Å². The molecular weight excluding hydrogens is 420 g/mol. The minimum atomic E-state index is -3.59. The molecule has 148 valence electrons. The summed E-state index contributed by atoms with van der Waals surface area (Å²) in [5.74, 6) is -0.344. The molecule has 0 bridgehead atoms. The molecular formula is C19H19ClN2O4S2. The molecule has 0 spiro atoms. The van der Waals surface area contributed by atoms with Crippen LogP contribution in [0, 0.1) is 0 Å². The smallest absolute Gasteiger partial charge is 0.286 e. The minimum absolute atomic E-state index is 0.0766. The van der Waals surface area contributed by atoms with Crippen molar-refractivity contribution >= 4 is 45.1 Å². The molecule has 2 aromatic rings. The monoisotopic (exact) mass is 438 g/mol. The van der Waals surface area contributed by atoms with Crippen molar-refractivity contribution in [2.24, 2.45) is 4.99 Å². The Morgan fingerprint density at radius 2 is 2.04 bits per heavy atom. The van der Waals surface area contributed by atoms with Crippen molar-refractivity contribution in [1.82, 2.24) is 4.31 Å². The third-order valence-corrected chi connectivity index (χ3v) is 8.63. The highest BCUT2D eigenvalue weighted by atomic mass is 35.5. The number of carbonyl (C=O) groups excluding carboxylic acids is 1. The number of halogens is 1. The number of aryl methyl sites for hydroxylation is 1. The van der Waals surface area contributed by atoms with Crippen LogP contribution in [0.15, 0.2) is 39.5 Å². The van der Waals surface area contributed by atoms with E-state index in [4.69, 9.17) is 16.3 Å². The van der Waals surface area contributed by atoms with Crippen molar-refractivity contribution in [3.05, 3.63) is 51.4 Å². The molecule has 2 aliphatic rings. The number of hydrogen-bond acceptors (Lipinski definition) is 5. The number of morpholine rings is 1. The standard InChI is InChI=1S/C19H19ClN2O4S2/c20-15-3-4-16-13(11-15)1-2-14(16)12-21-19(23)17-5-6-18(27-17)28(24,25)22-7-9-26-10-8-22/h3-6,11-12,14H,1-2,7-10H2. The SMILES string of the molecule is O=C(N=CC1CCc2cc(Cl)ccc21)c1ccc(S(=O)(=O)N2CCOCC2)s1. The predicted molar refractivity (Wildman–Crippen MR) is 109 cm³/mol. The average molecular weight is 439 g/mol. The fourth-order valence-corrected chi connectivity index (χ4v) is 6.44. The molecule has 6 nitrogen and oxygen atoms in total. The van der Waals surface area contributed by atoms with E-state index in [0.717, 1.165) is 29.7 Å². The van der Waals surface area contributed by atoms with E-state index in [-0.39, 0.29) is 10.1 Å². The molecule has 0 saturated carbocycles. The lowest BCUT2D eigenvalue weighted by molar-refractivity contribution is 0.0731. The molecule has 1 saturated heterocycles. The van der Waals surface area contributed by atoms with Crippen LogP contribution in [0.2, 0.25) is 5.02 Å². The number of fused-ring (bicyclic) bond motifs is 1. The van der Waals surface area contributed by atoms with Gasteiger partial charge in [-0.1, -0.05) is 17.7 Å². The second kappa shape index (κ2) is 8.04. The van der Waals surface area contributed by atoms with Crippen LogP contribution in [0.3, 0.4) is 0 Å². The highest BCUT2D eigenvalue weighted by molar-refractivity contribution is 7.91. The summed E-state index contributed by atoms with van der Waals surface area (Å²) in [5.41, 5.74) is 2.33. The molecule has 1 aliphatic carbocycles. The van der Waals surface area contributed by atoms with Gasteiger partial charge in [0.2, 0.25) is 0 Å². The Balaban J connectivity index is 1.47. The molecule has 1 aliphatic heterocycles. The number of sulfonamides is 1. The van der Waals surface area contributed by atoms with Crippen LogP contribution in [0.1, 0.15) is 33.1 Å². The van der Waals surface area contributed by atoms with Crippen LogP contribution < -0.4 is 0 Å². The van der Waals surface area contributed by atoms with Gasteiger partial charge in [0.25, 0.3) is 15.9 Å². The normalized spacial score (nSPS) is 20.5. The molecule has 1 fully saturated rings. The Morgan fingerprint density at radius 3 is 2.82 bits per heavy atom. The summed E-state index contributed by atoms with van der Waals surface area (Å²) in [6.07, 6.45) is 3.45. The first kappa shape index (κ1) is 19.7. The molecule has 28 heavy (non-hydrogen) atoms. The van der Waals surface area contributed by atoms with E-state index in [9.17, 15) is 13.2 Å². The number of benzene rings is 1. The lowest BCUT2D eigenvalue weighted by Crippen LogP contribution is -2.40. The van der Waals surface area contributed by atoms with Crippen LogP contribution in [0.5, 0.6) is 0 Å². The van der Waals surface area contributed by atoms with Crippen molar-refractivity contribution < 1.29 is 17.9 Å². The number of amides is 1. The van der Waals surface area contributed by atoms with Crippen LogP contribution in [0.25, 0.3) is 0 Å². The zero-order valence-corrected chi connectivity index (χ0v) is 17.4. The van der Waals surface area contributed by atoms with Gasteiger partial charge >= 0.3 is 0 Å². The van der Waals surface area contributed by atoms with Gasteiger partial charge in [0.15, 0.2) is 0 Å². The van der Waals surface area contributed by atoms with Gasteiger partial charge in [-0.05, 0) is 48.2 Å². The summed E-state index contributed by atoms with van der Waals surface area (Å²) in [5, 5.41) is 0.708. The van der Waals surface area contributed by atoms with Crippen molar-refractivity contribution in [3.8, 4) is 0 Å². The van der Waals surface area contributed by atoms with E-state index in [0.29, 0.717) is 36.2 Å². The zero-order valence-electron chi connectivity index (χ0n) is 15.0. The first-order valence-corrected chi connectivity index (χ1v) is 11.6.